The molecule has 0 amide bonds. The summed E-state index contributed by atoms with van der Waals surface area (Å²) in [4.78, 5) is 21.0. The Morgan fingerprint density at radius 3 is 2.43 bits per heavy atom. The summed E-state index contributed by atoms with van der Waals surface area (Å²) in [5.74, 6) is -1.43. The van der Waals surface area contributed by atoms with Crippen LogP contribution in [0.3, 0.4) is 0 Å². The number of carboxylic acid groups (broad SMARTS) is 1. The van der Waals surface area contributed by atoms with Crippen LogP contribution in [-0.2, 0) is 14.3 Å². The standard InChI is InChI=1S/C10H18O4/c1-3-5-8(4-2)7-14-10(13)6-9(11)12/h8H,3-7H2,1-2H3,(H,11,12). The lowest BCUT2D eigenvalue weighted by atomic mass is 10.0. The largest absolute Gasteiger partial charge is 0.481 e. The van der Waals surface area contributed by atoms with E-state index in [9.17, 15) is 9.59 Å². The highest BCUT2D eigenvalue weighted by Gasteiger charge is 2.12. The molecule has 14 heavy (non-hydrogen) atoms. The van der Waals surface area contributed by atoms with E-state index in [1.807, 2.05) is 6.92 Å². The third-order valence-electron chi connectivity index (χ3n) is 2.05. The maximum Gasteiger partial charge on any atom is 0.317 e. The van der Waals surface area contributed by atoms with Crippen LogP contribution in [0.4, 0.5) is 0 Å². The molecule has 0 fully saturated rings. The van der Waals surface area contributed by atoms with E-state index in [2.05, 4.69) is 6.92 Å². The Hall–Kier alpha value is -1.06. The van der Waals surface area contributed by atoms with E-state index in [0.29, 0.717) is 12.5 Å². The zero-order valence-corrected chi connectivity index (χ0v) is 8.78. The fourth-order valence-corrected chi connectivity index (χ4v) is 1.20. The third kappa shape index (κ3) is 6.46. The number of aliphatic carboxylic acids is 1. The van der Waals surface area contributed by atoms with Crippen molar-refractivity contribution in [2.75, 3.05) is 6.61 Å². The Kier molecular flexibility index (Phi) is 6.80. The Morgan fingerprint density at radius 1 is 1.36 bits per heavy atom. The molecule has 1 unspecified atom stereocenters. The van der Waals surface area contributed by atoms with E-state index in [-0.39, 0.29) is 0 Å². The quantitative estimate of drug-likeness (QED) is 0.505. The molecule has 0 spiro atoms. The summed E-state index contributed by atoms with van der Waals surface area (Å²) in [6, 6.07) is 0. The number of hydrogen-bond donors (Lipinski definition) is 1. The number of ether oxygens (including phenoxy) is 1. The van der Waals surface area contributed by atoms with Crippen molar-refractivity contribution in [2.45, 2.75) is 39.5 Å². The molecule has 0 rings (SSSR count). The molecule has 0 bridgehead atoms. The van der Waals surface area contributed by atoms with Gasteiger partial charge < -0.3 is 9.84 Å². The third-order valence-corrected chi connectivity index (χ3v) is 2.05. The minimum Gasteiger partial charge on any atom is -0.481 e. The number of esters is 1. The van der Waals surface area contributed by atoms with Gasteiger partial charge in [-0.1, -0.05) is 26.7 Å². The van der Waals surface area contributed by atoms with E-state index in [1.54, 1.807) is 0 Å². The van der Waals surface area contributed by atoms with E-state index in [0.717, 1.165) is 19.3 Å². The maximum atomic E-state index is 10.9. The van der Waals surface area contributed by atoms with Gasteiger partial charge in [-0.3, -0.25) is 9.59 Å². The zero-order chi connectivity index (χ0) is 11.0. The molecule has 0 saturated heterocycles. The summed E-state index contributed by atoms with van der Waals surface area (Å²) >= 11 is 0. The lowest BCUT2D eigenvalue weighted by molar-refractivity contribution is -0.152. The molecule has 0 aromatic rings. The van der Waals surface area contributed by atoms with E-state index >= 15 is 0 Å². The van der Waals surface area contributed by atoms with Crippen molar-refractivity contribution in [3.8, 4) is 0 Å². The van der Waals surface area contributed by atoms with Gasteiger partial charge in [0, 0.05) is 0 Å². The van der Waals surface area contributed by atoms with Crippen molar-refractivity contribution >= 4 is 11.9 Å². The Labute approximate surface area is 84.3 Å². The molecule has 4 heteroatoms. The van der Waals surface area contributed by atoms with Crippen LogP contribution in [0, 0.1) is 5.92 Å². The lowest BCUT2D eigenvalue weighted by Crippen LogP contribution is -2.16. The van der Waals surface area contributed by atoms with Crippen LogP contribution in [0.2, 0.25) is 0 Å². The minimum atomic E-state index is -1.14. The van der Waals surface area contributed by atoms with Gasteiger partial charge in [-0.05, 0) is 12.3 Å². The minimum absolute atomic E-state index is 0.344. The molecule has 0 heterocycles. The van der Waals surface area contributed by atoms with Crippen molar-refractivity contribution in [2.24, 2.45) is 5.92 Å². The second kappa shape index (κ2) is 7.35. The predicted molar refractivity (Wildman–Crippen MR) is 51.9 cm³/mol. The first-order valence-corrected chi connectivity index (χ1v) is 4.97. The first kappa shape index (κ1) is 12.9. The van der Waals surface area contributed by atoms with Crippen LogP contribution >= 0.6 is 0 Å². The van der Waals surface area contributed by atoms with Crippen LogP contribution in [0.15, 0.2) is 0 Å². The monoisotopic (exact) mass is 202 g/mol. The van der Waals surface area contributed by atoms with Gasteiger partial charge in [0.25, 0.3) is 0 Å². The van der Waals surface area contributed by atoms with Gasteiger partial charge in [0.05, 0.1) is 6.61 Å². The summed E-state index contributed by atoms with van der Waals surface area (Å²) < 4.78 is 4.84. The van der Waals surface area contributed by atoms with Gasteiger partial charge in [-0.15, -0.1) is 0 Å². The van der Waals surface area contributed by atoms with Crippen LogP contribution < -0.4 is 0 Å². The number of carbonyl (C=O) groups is 2. The molecule has 0 aromatic heterocycles. The maximum absolute atomic E-state index is 10.9. The molecule has 0 aliphatic carbocycles. The number of carboxylic acids is 1. The van der Waals surface area contributed by atoms with Gasteiger partial charge in [0.1, 0.15) is 6.42 Å². The summed E-state index contributed by atoms with van der Waals surface area (Å²) in [5.41, 5.74) is 0. The molecule has 0 aliphatic heterocycles. The van der Waals surface area contributed by atoms with Crippen molar-refractivity contribution in [1.82, 2.24) is 0 Å². The van der Waals surface area contributed by atoms with Crippen molar-refractivity contribution in [3.63, 3.8) is 0 Å². The highest BCUT2D eigenvalue weighted by Crippen LogP contribution is 2.11. The van der Waals surface area contributed by atoms with Crippen molar-refractivity contribution in [3.05, 3.63) is 0 Å². The normalized spacial score (nSPS) is 12.1. The predicted octanol–water partition coefficient (Wildman–Crippen LogP) is 1.83. The van der Waals surface area contributed by atoms with Crippen LogP contribution in [0.1, 0.15) is 39.5 Å². The fraction of sp³-hybridized carbons (Fsp3) is 0.800. The number of carbonyl (C=O) groups excluding carboxylic acids is 1. The number of hydrogen-bond acceptors (Lipinski definition) is 3. The number of rotatable bonds is 7. The highest BCUT2D eigenvalue weighted by molar-refractivity contribution is 5.90. The van der Waals surface area contributed by atoms with Gasteiger partial charge in [-0.25, -0.2) is 0 Å². The molecule has 4 nitrogen and oxygen atoms in total. The topological polar surface area (TPSA) is 63.6 Å². The SMILES string of the molecule is CCCC(CC)COC(=O)CC(=O)O. The van der Waals surface area contributed by atoms with Crippen molar-refractivity contribution < 1.29 is 19.4 Å². The van der Waals surface area contributed by atoms with Crippen molar-refractivity contribution in [1.29, 1.82) is 0 Å². The molecule has 1 atom stereocenters. The Morgan fingerprint density at radius 2 is 2.00 bits per heavy atom. The van der Waals surface area contributed by atoms with Crippen LogP contribution in [-0.4, -0.2) is 23.7 Å². The molecule has 1 N–H and O–H groups in total. The van der Waals surface area contributed by atoms with E-state index in [4.69, 9.17) is 9.84 Å². The molecule has 82 valence electrons. The summed E-state index contributed by atoms with van der Waals surface area (Å²) in [7, 11) is 0. The molecule has 0 aliphatic rings. The Bertz CT molecular complexity index is 189. The Balaban J connectivity index is 3.67. The summed E-state index contributed by atoms with van der Waals surface area (Å²) in [6.45, 7) is 4.45. The molecule has 0 radical (unpaired) electrons. The fourth-order valence-electron chi connectivity index (χ4n) is 1.20. The molecule has 0 saturated carbocycles. The molecular formula is C10H18O4. The van der Waals surface area contributed by atoms with Gasteiger partial charge in [0.15, 0.2) is 0 Å². The van der Waals surface area contributed by atoms with Crippen LogP contribution in [0.25, 0.3) is 0 Å². The second-order valence-corrected chi connectivity index (χ2v) is 3.32. The molecular weight excluding hydrogens is 184 g/mol. The van der Waals surface area contributed by atoms with Crippen LogP contribution in [0.5, 0.6) is 0 Å². The first-order valence-electron chi connectivity index (χ1n) is 4.97. The molecule has 0 aromatic carbocycles. The smallest absolute Gasteiger partial charge is 0.317 e. The van der Waals surface area contributed by atoms with Gasteiger partial charge in [-0.2, -0.15) is 0 Å². The zero-order valence-electron chi connectivity index (χ0n) is 8.78. The average Bonchev–Trinajstić information content (AvgIpc) is 2.11. The second-order valence-electron chi connectivity index (χ2n) is 3.32. The van der Waals surface area contributed by atoms with E-state index < -0.39 is 18.4 Å². The summed E-state index contributed by atoms with van der Waals surface area (Å²) in [5, 5.41) is 8.31. The van der Waals surface area contributed by atoms with E-state index in [1.165, 1.54) is 0 Å². The average molecular weight is 202 g/mol. The van der Waals surface area contributed by atoms with Gasteiger partial charge >= 0.3 is 11.9 Å². The highest BCUT2D eigenvalue weighted by atomic mass is 16.5. The first-order chi connectivity index (χ1) is 6.60. The summed E-state index contributed by atoms with van der Waals surface area (Å²) in [6.07, 6.45) is 2.47. The van der Waals surface area contributed by atoms with Gasteiger partial charge in [0.2, 0.25) is 0 Å². The lowest BCUT2D eigenvalue weighted by Gasteiger charge is -2.13.